The predicted octanol–water partition coefficient (Wildman–Crippen LogP) is 2.14. The first kappa shape index (κ1) is 13.9. The molecule has 1 heterocycles. The molecule has 0 bridgehead atoms. The topological polar surface area (TPSA) is 47.6 Å². The number of carbonyl (C=O) groups excluding carboxylic acids is 1. The van der Waals surface area contributed by atoms with Gasteiger partial charge >= 0.3 is 0 Å². The van der Waals surface area contributed by atoms with E-state index in [9.17, 15) is 4.79 Å². The lowest BCUT2D eigenvalue weighted by atomic mass is 10.2. The van der Waals surface area contributed by atoms with Gasteiger partial charge in [0.05, 0.1) is 12.7 Å². The third-order valence-electron chi connectivity index (χ3n) is 3.11. The van der Waals surface area contributed by atoms with Crippen molar-refractivity contribution in [1.29, 1.82) is 0 Å². The summed E-state index contributed by atoms with van der Waals surface area (Å²) in [7, 11) is 0. The average molecular weight is 263 g/mol. The van der Waals surface area contributed by atoms with Gasteiger partial charge in [-0.25, -0.2) is 0 Å². The number of para-hydroxylation sites is 1. The Hall–Kier alpha value is -1.55. The van der Waals surface area contributed by atoms with Gasteiger partial charge < -0.3 is 14.8 Å². The number of hydrogen-bond donors (Lipinski definition) is 1. The molecule has 104 valence electrons. The molecule has 1 aromatic rings. The summed E-state index contributed by atoms with van der Waals surface area (Å²) < 4.78 is 11.0. The van der Waals surface area contributed by atoms with E-state index in [1.54, 1.807) is 0 Å². The normalized spacial score (nSPS) is 18.2. The van der Waals surface area contributed by atoms with Gasteiger partial charge in [0.1, 0.15) is 5.75 Å². The molecule has 0 spiro atoms. The molecule has 0 aliphatic carbocycles. The number of ether oxygens (including phenoxy) is 2. The Morgan fingerprint density at radius 1 is 1.37 bits per heavy atom. The van der Waals surface area contributed by atoms with Crippen LogP contribution in [0.15, 0.2) is 30.3 Å². The van der Waals surface area contributed by atoms with Gasteiger partial charge in [0.25, 0.3) is 0 Å². The molecule has 1 aromatic carbocycles. The fourth-order valence-corrected chi connectivity index (χ4v) is 2.06. The monoisotopic (exact) mass is 263 g/mol. The van der Waals surface area contributed by atoms with Crippen LogP contribution >= 0.6 is 0 Å². The van der Waals surface area contributed by atoms with Crippen molar-refractivity contribution in [3.05, 3.63) is 30.3 Å². The van der Waals surface area contributed by atoms with Crippen LogP contribution in [0.1, 0.15) is 25.7 Å². The average Bonchev–Trinajstić information content (AvgIpc) is 2.96. The van der Waals surface area contributed by atoms with Gasteiger partial charge in [-0.05, 0) is 31.4 Å². The maximum atomic E-state index is 11.6. The Morgan fingerprint density at radius 3 is 2.95 bits per heavy atom. The van der Waals surface area contributed by atoms with Gasteiger partial charge in [0.2, 0.25) is 5.91 Å². The van der Waals surface area contributed by atoms with E-state index in [-0.39, 0.29) is 12.0 Å². The summed E-state index contributed by atoms with van der Waals surface area (Å²) in [5.41, 5.74) is 0. The summed E-state index contributed by atoms with van der Waals surface area (Å²) >= 11 is 0. The van der Waals surface area contributed by atoms with Gasteiger partial charge in [-0.3, -0.25) is 4.79 Å². The van der Waals surface area contributed by atoms with Crippen molar-refractivity contribution >= 4 is 5.91 Å². The van der Waals surface area contributed by atoms with Crippen LogP contribution in [0, 0.1) is 0 Å². The van der Waals surface area contributed by atoms with Gasteiger partial charge in [-0.1, -0.05) is 18.2 Å². The molecule has 4 nitrogen and oxygen atoms in total. The molecule has 1 N–H and O–H groups in total. The first-order valence-electron chi connectivity index (χ1n) is 6.91. The highest BCUT2D eigenvalue weighted by atomic mass is 16.5. The van der Waals surface area contributed by atoms with E-state index < -0.39 is 0 Å². The molecule has 4 heteroatoms. The van der Waals surface area contributed by atoms with Crippen LogP contribution in [0.4, 0.5) is 0 Å². The van der Waals surface area contributed by atoms with Gasteiger partial charge in [-0.15, -0.1) is 0 Å². The number of rotatable bonds is 7. The molecular weight excluding hydrogens is 242 g/mol. The minimum atomic E-state index is 0.0761. The molecule has 1 aliphatic rings. The highest BCUT2D eigenvalue weighted by Gasteiger charge is 2.15. The lowest BCUT2D eigenvalue weighted by Crippen LogP contribution is -2.31. The smallest absolute Gasteiger partial charge is 0.220 e. The summed E-state index contributed by atoms with van der Waals surface area (Å²) in [5.74, 6) is 0.925. The van der Waals surface area contributed by atoms with Crippen LogP contribution in [0.5, 0.6) is 5.75 Å². The lowest BCUT2D eigenvalue weighted by Gasteiger charge is -2.10. The van der Waals surface area contributed by atoms with Crippen molar-refractivity contribution in [2.45, 2.75) is 31.8 Å². The first-order valence-corrected chi connectivity index (χ1v) is 6.91. The standard InChI is InChI=1S/C15H21NO3/c17-15(16-12-14-8-4-10-19-14)9-5-11-18-13-6-2-1-3-7-13/h1-3,6-7,14H,4-5,8-12H2,(H,16,17)/t14-/m1/s1. The van der Waals surface area contributed by atoms with Crippen molar-refractivity contribution in [2.24, 2.45) is 0 Å². The molecule has 1 fully saturated rings. The third kappa shape index (κ3) is 5.30. The summed E-state index contributed by atoms with van der Waals surface area (Å²) in [6.45, 7) is 2.03. The summed E-state index contributed by atoms with van der Waals surface area (Å²) in [6.07, 6.45) is 3.60. The molecule has 0 aromatic heterocycles. The van der Waals surface area contributed by atoms with Crippen LogP contribution in [0.3, 0.4) is 0 Å². The van der Waals surface area contributed by atoms with Crippen LogP contribution in [0.25, 0.3) is 0 Å². The van der Waals surface area contributed by atoms with E-state index in [4.69, 9.17) is 9.47 Å². The molecular formula is C15H21NO3. The van der Waals surface area contributed by atoms with Crippen molar-refractivity contribution in [1.82, 2.24) is 5.32 Å². The molecule has 0 saturated carbocycles. The van der Waals surface area contributed by atoms with Crippen molar-refractivity contribution in [3.63, 3.8) is 0 Å². The highest BCUT2D eigenvalue weighted by Crippen LogP contribution is 2.11. The van der Waals surface area contributed by atoms with E-state index in [1.807, 2.05) is 30.3 Å². The van der Waals surface area contributed by atoms with E-state index in [0.717, 1.165) is 31.6 Å². The summed E-state index contributed by atoms with van der Waals surface area (Å²) in [5, 5.41) is 2.90. The second kappa shape index (κ2) is 7.79. The number of carbonyl (C=O) groups is 1. The Kier molecular flexibility index (Phi) is 5.69. The number of nitrogens with one attached hydrogen (secondary N) is 1. The van der Waals surface area contributed by atoms with Crippen LogP contribution < -0.4 is 10.1 Å². The van der Waals surface area contributed by atoms with Crippen molar-refractivity contribution in [3.8, 4) is 5.75 Å². The number of benzene rings is 1. The summed E-state index contributed by atoms with van der Waals surface area (Å²) in [6, 6.07) is 9.65. The molecule has 2 rings (SSSR count). The zero-order chi connectivity index (χ0) is 13.3. The van der Waals surface area contributed by atoms with E-state index in [1.165, 1.54) is 0 Å². The van der Waals surface area contributed by atoms with Crippen LogP contribution in [-0.2, 0) is 9.53 Å². The van der Waals surface area contributed by atoms with E-state index in [2.05, 4.69) is 5.32 Å². The molecule has 1 amide bonds. The Labute approximate surface area is 114 Å². The second-order valence-corrected chi connectivity index (χ2v) is 4.70. The minimum absolute atomic E-state index is 0.0761. The lowest BCUT2D eigenvalue weighted by molar-refractivity contribution is -0.121. The molecule has 19 heavy (non-hydrogen) atoms. The quantitative estimate of drug-likeness (QED) is 0.767. The zero-order valence-electron chi connectivity index (χ0n) is 11.1. The largest absolute Gasteiger partial charge is 0.494 e. The van der Waals surface area contributed by atoms with Crippen LogP contribution in [0.2, 0.25) is 0 Å². The van der Waals surface area contributed by atoms with E-state index in [0.29, 0.717) is 19.6 Å². The van der Waals surface area contributed by atoms with Crippen molar-refractivity contribution < 1.29 is 14.3 Å². The minimum Gasteiger partial charge on any atom is -0.494 e. The van der Waals surface area contributed by atoms with Crippen LogP contribution in [-0.4, -0.2) is 31.8 Å². The summed E-state index contributed by atoms with van der Waals surface area (Å²) in [4.78, 5) is 11.6. The molecule has 0 unspecified atom stereocenters. The Balaban J connectivity index is 1.51. The molecule has 0 radical (unpaired) electrons. The first-order chi connectivity index (χ1) is 9.34. The fraction of sp³-hybridized carbons (Fsp3) is 0.533. The maximum Gasteiger partial charge on any atom is 0.220 e. The fourth-order valence-electron chi connectivity index (χ4n) is 2.06. The second-order valence-electron chi connectivity index (χ2n) is 4.70. The highest BCUT2D eigenvalue weighted by molar-refractivity contribution is 5.75. The zero-order valence-corrected chi connectivity index (χ0v) is 11.1. The third-order valence-corrected chi connectivity index (χ3v) is 3.11. The Bertz CT molecular complexity index is 374. The maximum absolute atomic E-state index is 11.6. The van der Waals surface area contributed by atoms with Gasteiger partial charge in [0, 0.05) is 19.6 Å². The Morgan fingerprint density at radius 2 is 2.21 bits per heavy atom. The molecule has 1 aliphatic heterocycles. The number of hydrogen-bond acceptors (Lipinski definition) is 3. The van der Waals surface area contributed by atoms with Crippen molar-refractivity contribution in [2.75, 3.05) is 19.8 Å². The number of amides is 1. The van der Waals surface area contributed by atoms with Gasteiger partial charge in [0.15, 0.2) is 0 Å². The molecule has 1 atom stereocenters. The molecule has 1 saturated heterocycles. The van der Waals surface area contributed by atoms with Gasteiger partial charge in [-0.2, -0.15) is 0 Å². The van der Waals surface area contributed by atoms with E-state index >= 15 is 0 Å². The predicted molar refractivity (Wildman–Crippen MR) is 73.2 cm³/mol. The SMILES string of the molecule is O=C(CCCOc1ccccc1)NC[C@H]1CCCO1.